The average molecular weight is 223 g/mol. The van der Waals surface area contributed by atoms with Crippen molar-refractivity contribution in [3.63, 3.8) is 0 Å². The summed E-state index contributed by atoms with van der Waals surface area (Å²) >= 11 is 2.03. The zero-order valence-corrected chi connectivity index (χ0v) is 9.76. The van der Waals surface area contributed by atoms with Crippen LogP contribution in [0.1, 0.15) is 18.9 Å². The molecule has 3 heteroatoms. The van der Waals surface area contributed by atoms with Crippen molar-refractivity contribution in [3.8, 4) is 0 Å². The monoisotopic (exact) mass is 223 g/mol. The van der Waals surface area contributed by atoms with Crippen LogP contribution in [0.2, 0.25) is 0 Å². The molecule has 1 aliphatic rings. The number of benzene rings is 1. The zero-order chi connectivity index (χ0) is 10.7. The summed E-state index contributed by atoms with van der Waals surface area (Å²) in [5.74, 6) is 1.20. The minimum absolute atomic E-state index is 0.122. The van der Waals surface area contributed by atoms with E-state index in [1.807, 2.05) is 36.0 Å². The molecule has 15 heavy (non-hydrogen) atoms. The smallest absolute Gasteiger partial charge is 0.0681 e. The molecule has 1 fully saturated rings. The van der Waals surface area contributed by atoms with E-state index >= 15 is 0 Å². The van der Waals surface area contributed by atoms with Gasteiger partial charge in [0.25, 0.3) is 0 Å². The lowest BCUT2D eigenvalue weighted by Gasteiger charge is -2.13. The summed E-state index contributed by atoms with van der Waals surface area (Å²) in [6.07, 6.45) is 1.24. The van der Waals surface area contributed by atoms with Gasteiger partial charge < -0.3 is 10.4 Å². The summed E-state index contributed by atoms with van der Waals surface area (Å²) < 4.78 is 0. The molecule has 2 unspecified atom stereocenters. The summed E-state index contributed by atoms with van der Waals surface area (Å²) in [6, 6.07) is 8.62. The Kier molecular flexibility index (Phi) is 3.54. The Morgan fingerprint density at radius 3 is 2.67 bits per heavy atom. The van der Waals surface area contributed by atoms with Gasteiger partial charge in [-0.15, -0.1) is 0 Å². The zero-order valence-electron chi connectivity index (χ0n) is 8.94. The number of aliphatic hydroxyl groups excluding tert-OH is 1. The predicted octanol–water partition coefficient (Wildman–Crippen LogP) is 2.48. The molecule has 2 nitrogen and oxygen atoms in total. The summed E-state index contributed by atoms with van der Waals surface area (Å²) in [7, 11) is 0. The van der Waals surface area contributed by atoms with Gasteiger partial charge in [-0.3, -0.25) is 0 Å². The van der Waals surface area contributed by atoms with Crippen LogP contribution in [-0.4, -0.2) is 22.2 Å². The lowest BCUT2D eigenvalue weighted by molar-refractivity contribution is 0.282. The van der Waals surface area contributed by atoms with Crippen molar-refractivity contribution in [1.82, 2.24) is 0 Å². The van der Waals surface area contributed by atoms with Gasteiger partial charge in [0.05, 0.1) is 6.61 Å². The molecule has 1 aromatic carbocycles. The van der Waals surface area contributed by atoms with Crippen LogP contribution in [-0.2, 0) is 6.61 Å². The van der Waals surface area contributed by atoms with E-state index in [9.17, 15) is 0 Å². The molecule has 0 spiro atoms. The van der Waals surface area contributed by atoms with Crippen LogP contribution in [0, 0.1) is 0 Å². The standard InChI is InChI=1S/C12H17NOS/c1-9-6-12(8-15-9)13-11-4-2-10(7-14)3-5-11/h2-5,9,12-14H,6-8H2,1H3. The van der Waals surface area contributed by atoms with Crippen LogP contribution in [0.4, 0.5) is 5.69 Å². The summed E-state index contributed by atoms with van der Waals surface area (Å²) in [5, 5.41) is 13.2. The number of anilines is 1. The van der Waals surface area contributed by atoms with E-state index in [0.717, 1.165) is 16.5 Å². The highest BCUT2D eigenvalue weighted by Gasteiger charge is 2.21. The number of hydrogen-bond donors (Lipinski definition) is 2. The fourth-order valence-corrected chi connectivity index (χ4v) is 3.01. The molecule has 1 heterocycles. The lowest BCUT2D eigenvalue weighted by atomic mass is 10.1. The van der Waals surface area contributed by atoms with Crippen molar-refractivity contribution in [2.24, 2.45) is 0 Å². The van der Waals surface area contributed by atoms with Gasteiger partial charge >= 0.3 is 0 Å². The van der Waals surface area contributed by atoms with Gasteiger partial charge in [0.1, 0.15) is 0 Å². The van der Waals surface area contributed by atoms with Gasteiger partial charge in [0.15, 0.2) is 0 Å². The van der Waals surface area contributed by atoms with Gasteiger partial charge in [-0.2, -0.15) is 11.8 Å². The quantitative estimate of drug-likeness (QED) is 0.825. The maximum Gasteiger partial charge on any atom is 0.0681 e. The second-order valence-corrected chi connectivity index (χ2v) is 5.55. The Bertz CT molecular complexity index is 312. The third-order valence-corrected chi connectivity index (χ3v) is 4.06. The van der Waals surface area contributed by atoms with Crippen molar-refractivity contribution in [2.45, 2.75) is 31.2 Å². The number of nitrogens with one attached hydrogen (secondary N) is 1. The van der Waals surface area contributed by atoms with Crippen LogP contribution in [0.25, 0.3) is 0 Å². The van der Waals surface area contributed by atoms with Crippen LogP contribution in [0.15, 0.2) is 24.3 Å². The van der Waals surface area contributed by atoms with Gasteiger partial charge in [-0.25, -0.2) is 0 Å². The first kappa shape index (κ1) is 10.8. The van der Waals surface area contributed by atoms with Crippen molar-refractivity contribution in [3.05, 3.63) is 29.8 Å². The van der Waals surface area contributed by atoms with Gasteiger partial charge in [0.2, 0.25) is 0 Å². The molecule has 1 aromatic rings. The Hall–Kier alpha value is -0.670. The second kappa shape index (κ2) is 4.90. The fourth-order valence-electron chi connectivity index (χ4n) is 1.86. The molecule has 0 saturated carbocycles. The van der Waals surface area contributed by atoms with E-state index in [0.29, 0.717) is 6.04 Å². The highest BCUT2D eigenvalue weighted by Crippen LogP contribution is 2.28. The third-order valence-electron chi connectivity index (χ3n) is 2.71. The minimum atomic E-state index is 0.122. The molecule has 2 atom stereocenters. The van der Waals surface area contributed by atoms with Crippen LogP contribution >= 0.6 is 11.8 Å². The highest BCUT2D eigenvalue weighted by atomic mass is 32.2. The first-order valence-corrected chi connectivity index (χ1v) is 6.41. The van der Waals surface area contributed by atoms with E-state index in [4.69, 9.17) is 5.11 Å². The largest absolute Gasteiger partial charge is 0.392 e. The molecule has 1 aliphatic heterocycles. The number of aliphatic hydroxyl groups is 1. The van der Waals surface area contributed by atoms with Crippen LogP contribution < -0.4 is 5.32 Å². The summed E-state index contributed by atoms with van der Waals surface area (Å²) in [4.78, 5) is 0. The second-order valence-electron chi connectivity index (χ2n) is 4.08. The predicted molar refractivity (Wildman–Crippen MR) is 66.3 cm³/mol. The highest BCUT2D eigenvalue weighted by molar-refractivity contribution is 8.00. The molecule has 0 bridgehead atoms. The molecular formula is C12H17NOS. The van der Waals surface area contributed by atoms with Crippen molar-refractivity contribution in [2.75, 3.05) is 11.1 Å². The van der Waals surface area contributed by atoms with Gasteiger partial charge in [-0.05, 0) is 24.1 Å². The molecule has 0 radical (unpaired) electrons. The first-order chi connectivity index (χ1) is 7.28. The SMILES string of the molecule is CC1CC(Nc2ccc(CO)cc2)CS1. The van der Waals surface area contributed by atoms with Crippen molar-refractivity contribution in [1.29, 1.82) is 0 Å². The normalized spacial score (nSPS) is 25.5. The van der Waals surface area contributed by atoms with Crippen molar-refractivity contribution >= 4 is 17.4 Å². The fraction of sp³-hybridized carbons (Fsp3) is 0.500. The minimum Gasteiger partial charge on any atom is -0.392 e. The van der Waals surface area contributed by atoms with Crippen molar-refractivity contribution < 1.29 is 5.11 Å². The Morgan fingerprint density at radius 2 is 2.13 bits per heavy atom. The van der Waals surface area contributed by atoms with E-state index in [1.165, 1.54) is 12.2 Å². The van der Waals surface area contributed by atoms with E-state index in [2.05, 4.69) is 12.2 Å². The van der Waals surface area contributed by atoms with E-state index < -0.39 is 0 Å². The van der Waals surface area contributed by atoms with E-state index in [-0.39, 0.29) is 6.61 Å². The van der Waals surface area contributed by atoms with Gasteiger partial charge in [0, 0.05) is 22.7 Å². The average Bonchev–Trinajstić information content (AvgIpc) is 2.65. The van der Waals surface area contributed by atoms with E-state index in [1.54, 1.807) is 0 Å². The third kappa shape index (κ3) is 2.89. The van der Waals surface area contributed by atoms with Crippen LogP contribution in [0.5, 0.6) is 0 Å². The maximum atomic E-state index is 8.92. The first-order valence-electron chi connectivity index (χ1n) is 5.36. The molecular weight excluding hydrogens is 206 g/mol. The molecule has 1 saturated heterocycles. The summed E-state index contributed by atoms with van der Waals surface area (Å²) in [5.41, 5.74) is 2.13. The number of thioether (sulfide) groups is 1. The summed E-state index contributed by atoms with van der Waals surface area (Å²) in [6.45, 7) is 2.40. The molecule has 0 aromatic heterocycles. The molecule has 2 N–H and O–H groups in total. The Labute approximate surface area is 95.1 Å². The maximum absolute atomic E-state index is 8.92. The number of rotatable bonds is 3. The molecule has 0 aliphatic carbocycles. The van der Waals surface area contributed by atoms with Crippen LogP contribution in [0.3, 0.4) is 0 Å². The lowest BCUT2D eigenvalue weighted by Crippen LogP contribution is -2.18. The molecule has 2 rings (SSSR count). The van der Waals surface area contributed by atoms with Gasteiger partial charge in [-0.1, -0.05) is 19.1 Å². The molecule has 82 valence electrons. The number of hydrogen-bond acceptors (Lipinski definition) is 3. The molecule has 0 amide bonds. The Balaban J connectivity index is 1.93. The topological polar surface area (TPSA) is 32.3 Å². The Morgan fingerprint density at radius 1 is 1.40 bits per heavy atom.